The van der Waals surface area contributed by atoms with E-state index in [1.54, 1.807) is 39.6 Å². The number of nitrogens with zero attached hydrogens (tertiary/aromatic N) is 3. The Balaban J connectivity index is 2.82. The van der Waals surface area contributed by atoms with Gasteiger partial charge in [0.25, 0.3) is 5.91 Å². The smallest absolute Gasteiger partial charge is 0.410 e. The summed E-state index contributed by atoms with van der Waals surface area (Å²) in [5.74, 6) is 0.343. The van der Waals surface area contributed by atoms with Gasteiger partial charge in [-0.25, -0.2) is 4.79 Å². The molecule has 0 bridgehead atoms. The third-order valence-corrected chi connectivity index (χ3v) is 3.34. The minimum absolute atomic E-state index is 0.281. The molecular weight excluding hydrogens is 258 g/mol. The second kappa shape index (κ2) is 5.42. The van der Waals surface area contributed by atoms with Crippen LogP contribution in [0, 0.1) is 0 Å². The van der Waals surface area contributed by atoms with Crippen LogP contribution in [0.3, 0.4) is 0 Å². The molecule has 0 N–H and O–H groups in total. The Hall–Kier alpha value is -1.59. The SMILES string of the molecule is C/C(=N\C(=O)C1(N(C)C(=O)OC(C)(C)C)CC1)N(C)C. The molecule has 1 aliphatic rings. The van der Waals surface area contributed by atoms with Gasteiger partial charge in [0.1, 0.15) is 17.0 Å². The Kier molecular flexibility index (Phi) is 4.46. The van der Waals surface area contributed by atoms with Crippen LogP contribution in [0.2, 0.25) is 0 Å². The van der Waals surface area contributed by atoms with Gasteiger partial charge in [0.15, 0.2) is 0 Å². The number of hydrogen-bond acceptors (Lipinski definition) is 3. The zero-order valence-electron chi connectivity index (χ0n) is 13.5. The van der Waals surface area contributed by atoms with Crippen molar-refractivity contribution in [2.24, 2.45) is 4.99 Å². The van der Waals surface area contributed by atoms with Crippen molar-refractivity contribution >= 4 is 17.8 Å². The first-order valence-corrected chi connectivity index (χ1v) is 6.73. The van der Waals surface area contributed by atoms with Crippen molar-refractivity contribution in [3.63, 3.8) is 0 Å². The van der Waals surface area contributed by atoms with Crippen LogP contribution in [0.4, 0.5) is 4.79 Å². The summed E-state index contributed by atoms with van der Waals surface area (Å²) >= 11 is 0. The van der Waals surface area contributed by atoms with Gasteiger partial charge < -0.3 is 9.64 Å². The van der Waals surface area contributed by atoms with Gasteiger partial charge in [-0.15, -0.1) is 0 Å². The monoisotopic (exact) mass is 283 g/mol. The minimum atomic E-state index is -0.820. The molecule has 0 heterocycles. The summed E-state index contributed by atoms with van der Waals surface area (Å²) in [6.07, 6.45) is 0.776. The summed E-state index contributed by atoms with van der Waals surface area (Å²) in [4.78, 5) is 31.6. The van der Waals surface area contributed by atoms with Crippen molar-refractivity contribution in [3.05, 3.63) is 0 Å². The van der Waals surface area contributed by atoms with Gasteiger partial charge in [0, 0.05) is 21.1 Å². The number of hydrogen-bond donors (Lipinski definition) is 0. The predicted octanol–water partition coefficient (Wildman–Crippen LogP) is 1.89. The summed E-state index contributed by atoms with van der Waals surface area (Å²) in [6, 6.07) is 0. The standard InChI is InChI=1S/C14H25N3O3/c1-10(16(5)6)15-11(18)14(8-9-14)17(7)12(19)20-13(2,3)4/h8-9H2,1-7H3/b15-10+. The normalized spacial score (nSPS) is 17.4. The Bertz CT molecular complexity index is 431. The van der Waals surface area contributed by atoms with Gasteiger partial charge in [-0.2, -0.15) is 4.99 Å². The van der Waals surface area contributed by atoms with Gasteiger partial charge in [0.2, 0.25) is 0 Å². The van der Waals surface area contributed by atoms with E-state index in [1.165, 1.54) is 4.90 Å². The molecule has 1 saturated carbocycles. The quantitative estimate of drug-likeness (QED) is 0.573. The highest BCUT2D eigenvalue weighted by Gasteiger charge is 2.56. The highest BCUT2D eigenvalue weighted by Crippen LogP contribution is 2.42. The molecule has 20 heavy (non-hydrogen) atoms. The zero-order chi connectivity index (χ0) is 15.7. The van der Waals surface area contributed by atoms with Crippen molar-refractivity contribution in [2.75, 3.05) is 21.1 Å². The number of likely N-dealkylation sites (N-methyl/N-ethyl adjacent to an activating group) is 1. The average molecular weight is 283 g/mol. The number of carbonyl (C=O) groups excluding carboxylic acids is 2. The Morgan fingerprint density at radius 2 is 1.65 bits per heavy atom. The molecule has 0 spiro atoms. The fourth-order valence-electron chi connectivity index (χ4n) is 1.67. The Morgan fingerprint density at radius 3 is 2.00 bits per heavy atom. The number of amidine groups is 1. The third-order valence-electron chi connectivity index (χ3n) is 3.34. The maximum absolute atomic E-state index is 12.3. The third kappa shape index (κ3) is 3.71. The summed E-state index contributed by atoms with van der Waals surface area (Å²) in [6.45, 7) is 7.17. The van der Waals surface area contributed by atoms with Crippen LogP contribution in [0.1, 0.15) is 40.5 Å². The van der Waals surface area contributed by atoms with E-state index in [1.807, 2.05) is 14.1 Å². The predicted molar refractivity (Wildman–Crippen MR) is 77.8 cm³/mol. The van der Waals surface area contributed by atoms with E-state index >= 15 is 0 Å². The topological polar surface area (TPSA) is 62.2 Å². The molecule has 2 amide bonds. The van der Waals surface area contributed by atoms with E-state index in [0.717, 1.165) is 0 Å². The maximum atomic E-state index is 12.3. The minimum Gasteiger partial charge on any atom is -0.444 e. The molecule has 114 valence electrons. The number of aliphatic imine (C=N–C) groups is 1. The van der Waals surface area contributed by atoms with Gasteiger partial charge in [0.05, 0.1) is 0 Å². The first-order valence-electron chi connectivity index (χ1n) is 6.73. The van der Waals surface area contributed by atoms with Crippen molar-refractivity contribution in [1.29, 1.82) is 0 Å². The second-order valence-electron chi connectivity index (χ2n) is 6.43. The van der Waals surface area contributed by atoms with Crippen molar-refractivity contribution in [2.45, 2.75) is 51.7 Å². The molecule has 0 atom stereocenters. The molecule has 6 nitrogen and oxygen atoms in total. The lowest BCUT2D eigenvalue weighted by atomic mass is 10.2. The molecule has 1 rings (SSSR count). The zero-order valence-corrected chi connectivity index (χ0v) is 13.5. The number of ether oxygens (including phenoxy) is 1. The van der Waals surface area contributed by atoms with Gasteiger partial charge in [-0.1, -0.05) is 0 Å². The van der Waals surface area contributed by atoms with E-state index in [-0.39, 0.29) is 5.91 Å². The fraction of sp³-hybridized carbons (Fsp3) is 0.786. The van der Waals surface area contributed by atoms with Crippen LogP contribution in [0.15, 0.2) is 4.99 Å². The average Bonchev–Trinajstić information content (AvgIpc) is 3.06. The van der Waals surface area contributed by atoms with E-state index in [0.29, 0.717) is 18.7 Å². The number of amides is 2. The van der Waals surface area contributed by atoms with Crippen LogP contribution >= 0.6 is 0 Å². The van der Waals surface area contributed by atoms with Crippen molar-refractivity contribution in [1.82, 2.24) is 9.80 Å². The van der Waals surface area contributed by atoms with Crippen LogP contribution in [-0.4, -0.2) is 59.9 Å². The fourth-order valence-corrected chi connectivity index (χ4v) is 1.67. The van der Waals surface area contributed by atoms with Gasteiger partial charge in [-0.3, -0.25) is 9.69 Å². The Labute approximate surface area is 120 Å². The summed E-state index contributed by atoms with van der Waals surface area (Å²) < 4.78 is 5.30. The van der Waals surface area contributed by atoms with Crippen LogP contribution in [-0.2, 0) is 9.53 Å². The molecule has 0 saturated heterocycles. The summed E-state index contributed by atoms with van der Waals surface area (Å²) in [7, 11) is 5.24. The lowest BCUT2D eigenvalue weighted by Crippen LogP contribution is -2.46. The van der Waals surface area contributed by atoms with Crippen LogP contribution < -0.4 is 0 Å². The molecule has 6 heteroatoms. The number of rotatable bonds is 2. The van der Waals surface area contributed by atoms with E-state index in [9.17, 15) is 9.59 Å². The molecule has 0 aromatic carbocycles. The van der Waals surface area contributed by atoms with Crippen molar-refractivity contribution < 1.29 is 14.3 Å². The Morgan fingerprint density at radius 1 is 1.15 bits per heavy atom. The van der Waals surface area contributed by atoms with Crippen LogP contribution in [0.25, 0.3) is 0 Å². The molecule has 0 aliphatic heterocycles. The largest absolute Gasteiger partial charge is 0.444 e. The molecule has 0 radical (unpaired) electrons. The summed E-state index contributed by atoms with van der Waals surface area (Å²) in [5, 5.41) is 0. The lowest BCUT2D eigenvalue weighted by Gasteiger charge is -2.29. The van der Waals surface area contributed by atoms with Gasteiger partial charge in [-0.05, 0) is 40.5 Å². The van der Waals surface area contributed by atoms with Crippen molar-refractivity contribution in [3.8, 4) is 0 Å². The van der Waals surface area contributed by atoms with Gasteiger partial charge >= 0.3 is 6.09 Å². The van der Waals surface area contributed by atoms with E-state index in [4.69, 9.17) is 4.74 Å². The first kappa shape index (κ1) is 16.5. The highest BCUT2D eigenvalue weighted by atomic mass is 16.6. The van der Waals surface area contributed by atoms with E-state index in [2.05, 4.69) is 4.99 Å². The lowest BCUT2D eigenvalue weighted by molar-refractivity contribution is -0.124. The summed E-state index contributed by atoms with van der Waals surface area (Å²) in [5.41, 5.74) is -1.40. The maximum Gasteiger partial charge on any atom is 0.410 e. The van der Waals surface area contributed by atoms with Crippen LogP contribution in [0.5, 0.6) is 0 Å². The molecular formula is C14H25N3O3. The number of carbonyl (C=O) groups is 2. The molecule has 1 aliphatic carbocycles. The second-order valence-corrected chi connectivity index (χ2v) is 6.43. The highest BCUT2D eigenvalue weighted by molar-refractivity contribution is 6.00. The van der Waals surface area contributed by atoms with E-state index < -0.39 is 17.2 Å². The molecule has 1 fully saturated rings. The molecule has 0 aromatic heterocycles. The molecule has 0 unspecified atom stereocenters. The molecule has 0 aromatic rings. The first-order chi connectivity index (χ1) is 8.99.